The summed E-state index contributed by atoms with van der Waals surface area (Å²) in [5.74, 6) is 0.967. The second-order valence-electron chi connectivity index (χ2n) is 4.64. The van der Waals surface area contributed by atoms with Crippen molar-refractivity contribution in [2.75, 3.05) is 32.1 Å². The van der Waals surface area contributed by atoms with Gasteiger partial charge in [0.05, 0.1) is 0 Å². The highest BCUT2D eigenvalue weighted by molar-refractivity contribution is 7.71. The van der Waals surface area contributed by atoms with Gasteiger partial charge in [-0.15, -0.1) is 5.10 Å². The first kappa shape index (κ1) is 11.6. The summed E-state index contributed by atoms with van der Waals surface area (Å²) >= 11 is 5.14. The average molecular weight is 241 g/mol. The van der Waals surface area contributed by atoms with Gasteiger partial charge in [-0.3, -0.25) is 4.57 Å². The minimum Gasteiger partial charge on any atom is -0.337 e. The molecule has 16 heavy (non-hydrogen) atoms. The van der Waals surface area contributed by atoms with Crippen molar-refractivity contribution >= 4 is 18.2 Å². The van der Waals surface area contributed by atoms with E-state index in [-0.39, 0.29) is 0 Å². The zero-order chi connectivity index (χ0) is 11.7. The summed E-state index contributed by atoms with van der Waals surface area (Å²) in [7, 11) is 6.19. The summed E-state index contributed by atoms with van der Waals surface area (Å²) in [4.78, 5) is 4.58. The fraction of sp³-hybridized carbons (Fsp3) is 0.800. The number of H-pyrrole nitrogens is 1. The number of nitrogens with zero attached hydrogens (tertiary/aromatic N) is 4. The molecule has 1 aliphatic rings. The normalized spacial score (nSPS) is 21.0. The minimum absolute atomic E-state index is 0.555. The molecule has 0 amide bonds. The highest BCUT2D eigenvalue weighted by atomic mass is 32.1. The summed E-state index contributed by atoms with van der Waals surface area (Å²) < 4.78 is 2.63. The van der Waals surface area contributed by atoms with Crippen LogP contribution in [-0.2, 0) is 7.05 Å². The first-order valence-electron chi connectivity index (χ1n) is 5.62. The van der Waals surface area contributed by atoms with Gasteiger partial charge in [-0.25, -0.2) is 5.10 Å². The van der Waals surface area contributed by atoms with Crippen LogP contribution in [0, 0.1) is 4.77 Å². The standard InChI is InChI=1S/C10H19N5S/c1-13(2)7-8-5-4-6-15(8)9-11-12-10(16)14(9)3/h8H,4-7H2,1-3H3,(H,12,16). The Balaban J connectivity index is 2.19. The van der Waals surface area contributed by atoms with E-state index < -0.39 is 0 Å². The second kappa shape index (κ2) is 4.55. The molecule has 1 fully saturated rings. The topological polar surface area (TPSA) is 40.1 Å². The van der Waals surface area contributed by atoms with Crippen LogP contribution in [0.4, 0.5) is 5.95 Å². The number of nitrogens with one attached hydrogen (secondary N) is 1. The van der Waals surface area contributed by atoms with Crippen LogP contribution in [0.2, 0.25) is 0 Å². The molecule has 5 nitrogen and oxygen atoms in total. The minimum atomic E-state index is 0.555. The summed E-state index contributed by atoms with van der Waals surface area (Å²) in [5.41, 5.74) is 0. The Morgan fingerprint density at radius 1 is 1.56 bits per heavy atom. The van der Waals surface area contributed by atoms with Crippen LogP contribution in [0.1, 0.15) is 12.8 Å². The SMILES string of the molecule is CN(C)CC1CCCN1c1n[nH]c(=S)n1C. The van der Waals surface area contributed by atoms with Gasteiger partial charge in [0.2, 0.25) is 5.95 Å². The van der Waals surface area contributed by atoms with Crippen LogP contribution in [0.5, 0.6) is 0 Å². The van der Waals surface area contributed by atoms with Gasteiger partial charge >= 0.3 is 0 Å². The van der Waals surface area contributed by atoms with E-state index in [0.717, 1.165) is 19.0 Å². The molecule has 6 heteroatoms. The van der Waals surface area contributed by atoms with Crippen molar-refractivity contribution in [1.29, 1.82) is 0 Å². The van der Waals surface area contributed by atoms with Crippen molar-refractivity contribution < 1.29 is 0 Å². The molecule has 1 N–H and O–H groups in total. The summed E-state index contributed by atoms with van der Waals surface area (Å²) in [6.07, 6.45) is 2.47. The third kappa shape index (κ3) is 2.12. The maximum absolute atomic E-state index is 5.14. The number of likely N-dealkylation sites (N-methyl/N-ethyl adjacent to an activating group) is 1. The molecular formula is C10H19N5S. The second-order valence-corrected chi connectivity index (χ2v) is 5.03. The van der Waals surface area contributed by atoms with Crippen LogP contribution in [0.15, 0.2) is 0 Å². The first-order chi connectivity index (χ1) is 7.59. The van der Waals surface area contributed by atoms with Gasteiger partial charge in [-0.05, 0) is 39.2 Å². The lowest BCUT2D eigenvalue weighted by Crippen LogP contribution is -2.38. The summed E-state index contributed by atoms with van der Waals surface area (Å²) in [6, 6.07) is 0.555. The number of anilines is 1. The fourth-order valence-corrected chi connectivity index (χ4v) is 2.43. The van der Waals surface area contributed by atoms with E-state index in [1.54, 1.807) is 0 Å². The third-order valence-electron chi connectivity index (χ3n) is 3.07. The molecule has 1 aromatic heterocycles. The molecule has 1 unspecified atom stereocenters. The lowest BCUT2D eigenvalue weighted by Gasteiger charge is -2.27. The number of hydrogen-bond acceptors (Lipinski definition) is 4. The van der Waals surface area contributed by atoms with Crippen molar-refractivity contribution in [3.63, 3.8) is 0 Å². The number of rotatable bonds is 3. The average Bonchev–Trinajstić information content (AvgIpc) is 2.76. The summed E-state index contributed by atoms with van der Waals surface area (Å²) in [5, 5.41) is 7.16. The Bertz CT molecular complexity index is 408. The predicted molar refractivity (Wildman–Crippen MR) is 67.3 cm³/mol. The van der Waals surface area contributed by atoms with Crippen molar-refractivity contribution in [2.45, 2.75) is 18.9 Å². The molecule has 1 aliphatic heterocycles. The van der Waals surface area contributed by atoms with Crippen LogP contribution < -0.4 is 4.90 Å². The largest absolute Gasteiger partial charge is 0.337 e. The number of aromatic amines is 1. The molecule has 1 atom stereocenters. The number of aromatic nitrogens is 3. The van der Waals surface area contributed by atoms with E-state index in [1.165, 1.54) is 12.8 Å². The van der Waals surface area contributed by atoms with Gasteiger partial charge in [-0.1, -0.05) is 0 Å². The van der Waals surface area contributed by atoms with Gasteiger partial charge in [0.15, 0.2) is 4.77 Å². The van der Waals surface area contributed by atoms with E-state index in [1.807, 2.05) is 11.6 Å². The Morgan fingerprint density at radius 2 is 2.31 bits per heavy atom. The van der Waals surface area contributed by atoms with Crippen molar-refractivity contribution in [3.8, 4) is 0 Å². The third-order valence-corrected chi connectivity index (χ3v) is 3.43. The van der Waals surface area contributed by atoms with Crippen molar-refractivity contribution in [2.24, 2.45) is 7.05 Å². The molecule has 90 valence electrons. The molecular weight excluding hydrogens is 222 g/mol. The zero-order valence-corrected chi connectivity index (χ0v) is 10.9. The molecule has 0 aliphatic carbocycles. The highest BCUT2D eigenvalue weighted by Crippen LogP contribution is 2.23. The van der Waals surface area contributed by atoms with E-state index in [9.17, 15) is 0 Å². The van der Waals surface area contributed by atoms with Gasteiger partial charge in [-0.2, -0.15) is 0 Å². The monoisotopic (exact) mass is 241 g/mol. The van der Waals surface area contributed by atoms with Gasteiger partial charge in [0, 0.05) is 26.2 Å². The van der Waals surface area contributed by atoms with Crippen molar-refractivity contribution in [3.05, 3.63) is 4.77 Å². The Kier molecular flexibility index (Phi) is 3.30. The lowest BCUT2D eigenvalue weighted by atomic mass is 10.2. The van der Waals surface area contributed by atoms with Crippen LogP contribution in [0.3, 0.4) is 0 Å². The smallest absolute Gasteiger partial charge is 0.225 e. The maximum atomic E-state index is 5.14. The molecule has 1 saturated heterocycles. The Labute approximate surface area is 101 Å². The molecule has 0 spiro atoms. The summed E-state index contributed by atoms with van der Waals surface area (Å²) in [6.45, 7) is 2.14. The van der Waals surface area contributed by atoms with E-state index in [0.29, 0.717) is 10.8 Å². The van der Waals surface area contributed by atoms with Gasteiger partial charge in [0.25, 0.3) is 0 Å². The van der Waals surface area contributed by atoms with Crippen LogP contribution >= 0.6 is 12.2 Å². The quantitative estimate of drug-likeness (QED) is 0.802. The van der Waals surface area contributed by atoms with E-state index >= 15 is 0 Å². The van der Waals surface area contributed by atoms with E-state index in [2.05, 4.69) is 34.1 Å². The fourth-order valence-electron chi connectivity index (χ4n) is 2.31. The predicted octanol–water partition coefficient (Wildman–Crippen LogP) is 1.01. The molecule has 2 rings (SSSR count). The van der Waals surface area contributed by atoms with E-state index in [4.69, 9.17) is 12.2 Å². The Morgan fingerprint density at radius 3 is 2.88 bits per heavy atom. The molecule has 0 saturated carbocycles. The first-order valence-corrected chi connectivity index (χ1v) is 6.03. The molecule has 0 bridgehead atoms. The Hall–Kier alpha value is -0.880. The highest BCUT2D eigenvalue weighted by Gasteiger charge is 2.27. The zero-order valence-electron chi connectivity index (χ0n) is 10.1. The number of hydrogen-bond donors (Lipinski definition) is 1. The molecule has 0 radical (unpaired) electrons. The molecule has 0 aromatic carbocycles. The van der Waals surface area contributed by atoms with Gasteiger partial charge < -0.3 is 9.80 Å². The van der Waals surface area contributed by atoms with Crippen LogP contribution in [0.25, 0.3) is 0 Å². The molecule has 2 heterocycles. The van der Waals surface area contributed by atoms with Gasteiger partial charge in [0.1, 0.15) is 0 Å². The molecule has 1 aromatic rings. The maximum Gasteiger partial charge on any atom is 0.225 e. The van der Waals surface area contributed by atoms with Crippen molar-refractivity contribution in [1.82, 2.24) is 19.7 Å². The lowest BCUT2D eigenvalue weighted by molar-refractivity contribution is 0.370. The van der Waals surface area contributed by atoms with Crippen LogP contribution in [-0.4, -0.2) is 52.9 Å².